The SMILES string of the molecule is CCCCCCc1ccc(C(=O)NCCn2cc(Cc3csc4ccccc34)nn2)cc1. The summed E-state index contributed by atoms with van der Waals surface area (Å²) in [7, 11) is 0. The van der Waals surface area contributed by atoms with Gasteiger partial charge in [-0.1, -0.05) is 61.7 Å². The molecule has 0 spiro atoms. The molecule has 0 saturated heterocycles. The van der Waals surface area contributed by atoms with E-state index in [1.807, 2.05) is 18.3 Å². The Morgan fingerprint density at radius 3 is 2.75 bits per heavy atom. The summed E-state index contributed by atoms with van der Waals surface area (Å²) < 4.78 is 3.09. The molecule has 4 rings (SSSR count). The van der Waals surface area contributed by atoms with Crippen LogP contribution in [0.25, 0.3) is 10.1 Å². The van der Waals surface area contributed by atoms with Crippen LogP contribution in [0.4, 0.5) is 0 Å². The first-order valence-corrected chi connectivity index (χ1v) is 12.3. The van der Waals surface area contributed by atoms with Gasteiger partial charge in [-0.25, -0.2) is 0 Å². The number of hydrogen-bond donors (Lipinski definition) is 1. The second-order valence-corrected chi connectivity index (χ2v) is 9.08. The summed E-state index contributed by atoms with van der Waals surface area (Å²) in [6.45, 7) is 3.34. The standard InChI is InChI=1S/C26H30N4OS/c1-2-3-4-5-8-20-11-13-21(14-12-20)26(31)27-15-16-30-18-23(28-29-30)17-22-19-32-25-10-7-6-9-24(22)25/h6-7,9-14,18-19H,2-5,8,15-17H2,1H3,(H,27,31). The maximum Gasteiger partial charge on any atom is 0.251 e. The number of amides is 1. The van der Waals surface area contributed by atoms with Crippen molar-refractivity contribution < 1.29 is 4.79 Å². The summed E-state index contributed by atoms with van der Waals surface area (Å²) in [6.07, 6.45) is 8.83. The van der Waals surface area contributed by atoms with Gasteiger partial charge in [-0.05, 0) is 52.9 Å². The van der Waals surface area contributed by atoms with Crippen LogP contribution in [0.15, 0.2) is 60.1 Å². The van der Waals surface area contributed by atoms with Crippen LogP contribution < -0.4 is 5.32 Å². The number of hydrogen-bond acceptors (Lipinski definition) is 4. The van der Waals surface area contributed by atoms with Crippen LogP contribution in [-0.2, 0) is 19.4 Å². The molecular formula is C26H30N4OS. The molecule has 1 N–H and O–H groups in total. The average molecular weight is 447 g/mol. The minimum absolute atomic E-state index is 0.0485. The number of aryl methyl sites for hydroxylation is 1. The van der Waals surface area contributed by atoms with E-state index in [4.69, 9.17) is 0 Å². The van der Waals surface area contributed by atoms with Gasteiger partial charge in [0, 0.05) is 29.4 Å². The molecule has 4 aromatic rings. The molecule has 0 aliphatic rings. The topological polar surface area (TPSA) is 59.8 Å². The molecule has 2 heterocycles. The van der Waals surface area contributed by atoms with Crippen molar-refractivity contribution in [3.8, 4) is 0 Å². The van der Waals surface area contributed by atoms with Crippen LogP contribution in [-0.4, -0.2) is 27.4 Å². The summed E-state index contributed by atoms with van der Waals surface area (Å²) in [5, 5.41) is 15.0. The summed E-state index contributed by atoms with van der Waals surface area (Å²) in [6, 6.07) is 16.4. The molecule has 1 amide bonds. The van der Waals surface area contributed by atoms with E-state index in [0.29, 0.717) is 18.7 Å². The second kappa shape index (κ2) is 11.0. The van der Waals surface area contributed by atoms with Crippen molar-refractivity contribution in [1.29, 1.82) is 0 Å². The molecule has 0 aliphatic heterocycles. The largest absolute Gasteiger partial charge is 0.350 e. The Labute approximate surface area is 193 Å². The first kappa shape index (κ1) is 22.2. The van der Waals surface area contributed by atoms with Gasteiger partial charge < -0.3 is 5.32 Å². The molecule has 6 heteroatoms. The molecule has 0 radical (unpaired) electrons. The van der Waals surface area contributed by atoms with E-state index < -0.39 is 0 Å². The Bertz CT molecular complexity index is 1150. The molecule has 32 heavy (non-hydrogen) atoms. The van der Waals surface area contributed by atoms with E-state index in [1.54, 1.807) is 16.0 Å². The Balaban J connectivity index is 1.23. The Hall–Kier alpha value is -2.99. The molecule has 0 saturated carbocycles. The van der Waals surface area contributed by atoms with Gasteiger partial charge in [0.1, 0.15) is 0 Å². The predicted molar refractivity (Wildman–Crippen MR) is 131 cm³/mol. The second-order valence-electron chi connectivity index (χ2n) is 8.17. The van der Waals surface area contributed by atoms with E-state index in [1.165, 1.54) is 46.9 Å². The van der Waals surface area contributed by atoms with Crippen molar-refractivity contribution >= 4 is 27.3 Å². The minimum atomic E-state index is -0.0485. The lowest BCUT2D eigenvalue weighted by molar-refractivity contribution is 0.0952. The van der Waals surface area contributed by atoms with Crippen LogP contribution in [0.1, 0.15) is 59.8 Å². The van der Waals surface area contributed by atoms with Crippen molar-refractivity contribution in [1.82, 2.24) is 20.3 Å². The molecule has 2 aromatic carbocycles. The zero-order valence-corrected chi connectivity index (χ0v) is 19.4. The summed E-state index contributed by atoms with van der Waals surface area (Å²) in [4.78, 5) is 12.4. The number of rotatable bonds is 11. The van der Waals surface area contributed by atoms with Gasteiger partial charge >= 0.3 is 0 Å². The fraction of sp³-hybridized carbons (Fsp3) is 0.346. The van der Waals surface area contributed by atoms with Gasteiger partial charge in [0.15, 0.2) is 0 Å². The molecule has 166 valence electrons. The molecule has 0 unspecified atom stereocenters. The quantitative estimate of drug-likeness (QED) is 0.304. The average Bonchev–Trinajstić information content (AvgIpc) is 3.44. The van der Waals surface area contributed by atoms with Crippen molar-refractivity contribution in [2.75, 3.05) is 6.54 Å². The number of carbonyl (C=O) groups excluding carboxylic acids is 1. The van der Waals surface area contributed by atoms with E-state index in [2.05, 4.69) is 64.3 Å². The Morgan fingerprint density at radius 1 is 1.06 bits per heavy atom. The molecule has 2 aromatic heterocycles. The number of carbonyl (C=O) groups is 1. The van der Waals surface area contributed by atoms with Crippen LogP contribution in [0, 0.1) is 0 Å². The first-order valence-electron chi connectivity index (χ1n) is 11.4. The van der Waals surface area contributed by atoms with Crippen LogP contribution in [0.2, 0.25) is 0 Å². The highest BCUT2D eigenvalue weighted by atomic mass is 32.1. The van der Waals surface area contributed by atoms with Gasteiger partial charge in [-0.2, -0.15) is 0 Å². The number of aromatic nitrogens is 3. The van der Waals surface area contributed by atoms with Crippen molar-refractivity contribution in [3.05, 3.63) is 82.5 Å². The Morgan fingerprint density at radius 2 is 1.91 bits per heavy atom. The highest BCUT2D eigenvalue weighted by Gasteiger charge is 2.09. The van der Waals surface area contributed by atoms with E-state index >= 15 is 0 Å². The summed E-state index contributed by atoms with van der Waals surface area (Å²) in [5.74, 6) is -0.0485. The summed E-state index contributed by atoms with van der Waals surface area (Å²) in [5.41, 5.74) is 4.21. The highest BCUT2D eigenvalue weighted by Crippen LogP contribution is 2.27. The summed E-state index contributed by atoms with van der Waals surface area (Å²) >= 11 is 1.76. The van der Waals surface area contributed by atoms with Crippen molar-refractivity contribution in [2.45, 2.75) is 52.0 Å². The molecule has 0 bridgehead atoms. The van der Waals surface area contributed by atoms with Crippen LogP contribution in [0.5, 0.6) is 0 Å². The highest BCUT2D eigenvalue weighted by molar-refractivity contribution is 7.17. The van der Waals surface area contributed by atoms with Gasteiger partial charge in [0.25, 0.3) is 5.91 Å². The number of nitrogens with zero attached hydrogens (tertiary/aromatic N) is 3. The van der Waals surface area contributed by atoms with Gasteiger partial charge in [-0.3, -0.25) is 9.48 Å². The number of benzene rings is 2. The minimum Gasteiger partial charge on any atom is -0.350 e. The van der Waals surface area contributed by atoms with E-state index in [-0.39, 0.29) is 5.91 Å². The predicted octanol–water partition coefficient (Wildman–Crippen LogP) is 5.64. The number of unbranched alkanes of at least 4 members (excludes halogenated alkanes) is 3. The molecule has 0 fully saturated rings. The molecule has 0 atom stereocenters. The fourth-order valence-electron chi connectivity index (χ4n) is 3.86. The van der Waals surface area contributed by atoms with Gasteiger partial charge in [-0.15, -0.1) is 16.4 Å². The number of thiophene rings is 1. The zero-order chi connectivity index (χ0) is 22.2. The third kappa shape index (κ3) is 5.82. The maximum atomic E-state index is 12.4. The van der Waals surface area contributed by atoms with Crippen molar-refractivity contribution in [2.24, 2.45) is 0 Å². The molecule has 0 aliphatic carbocycles. The van der Waals surface area contributed by atoms with E-state index in [0.717, 1.165) is 18.5 Å². The molecule has 5 nitrogen and oxygen atoms in total. The van der Waals surface area contributed by atoms with E-state index in [9.17, 15) is 4.79 Å². The third-order valence-corrected chi connectivity index (χ3v) is 6.69. The smallest absolute Gasteiger partial charge is 0.251 e. The van der Waals surface area contributed by atoms with Gasteiger partial charge in [0.2, 0.25) is 0 Å². The van der Waals surface area contributed by atoms with Crippen LogP contribution >= 0.6 is 11.3 Å². The zero-order valence-electron chi connectivity index (χ0n) is 18.6. The normalized spacial score (nSPS) is 11.2. The van der Waals surface area contributed by atoms with Crippen LogP contribution in [0.3, 0.4) is 0 Å². The Kier molecular flexibility index (Phi) is 7.67. The lowest BCUT2D eigenvalue weighted by Crippen LogP contribution is -2.27. The lowest BCUT2D eigenvalue weighted by Gasteiger charge is -2.06. The monoisotopic (exact) mass is 446 g/mol. The third-order valence-electron chi connectivity index (χ3n) is 5.68. The maximum absolute atomic E-state index is 12.4. The number of nitrogens with one attached hydrogen (secondary N) is 1. The first-order chi connectivity index (χ1) is 15.7. The molecular weight excluding hydrogens is 416 g/mol. The van der Waals surface area contributed by atoms with Gasteiger partial charge in [0.05, 0.1) is 12.2 Å². The lowest BCUT2D eigenvalue weighted by atomic mass is 10.0. The van der Waals surface area contributed by atoms with Crippen molar-refractivity contribution in [3.63, 3.8) is 0 Å². The fourth-order valence-corrected chi connectivity index (χ4v) is 4.82. The number of fused-ring (bicyclic) bond motifs is 1.